The first kappa shape index (κ1) is 26.6. The van der Waals surface area contributed by atoms with E-state index >= 15 is 0 Å². The minimum atomic E-state index is -3.82. The van der Waals surface area contributed by atoms with E-state index in [-0.39, 0.29) is 29.6 Å². The molecule has 190 valence electrons. The van der Waals surface area contributed by atoms with Gasteiger partial charge in [0.15, 0.2) is 5.82 Å². The van der Waals surface area contributed by atoms with Gasteiger partial charge in [0.05, 0.1) is 20.8 Å². The molecule has 3 aromatic rings. The fourth-order valence-corrected chi connectivity index (χ4v) is 6.21. The molecule has 0 bridgehead atoms. The van der Waals surface area contributed by atoms with Gasteiger partial charge in [0.2, 0.25) is 15.9 Å². The highest BCUT2D eigenvalue weighted by Gasteiger charge is 2.32. The Balaban J connectivity index is 1.36. The summed E-state index contributed by atoms with van der Waals surface area (Å²) in [7, 11) is -3.82. The highest BCUT2D eigenvalue weighted by Crippen LogP contribution is 2.28. The van der Waals surface area contributed by atoms with Gasteiger partial charge in [0, 0.05) is 47.4 Å². The molecule has 2 heterocycles. The molecule has 0 radical (unpaired) electrons. The molecule has 0 spiro atoms. The molecule has 1 aliphatic heterocycles. The summed E-state index contributed by atoms with van der Waals surface area (Å²) in [6, 6.07) is 9.94. The first-order valence-corrected chi connectivity index (χ1v) is 13.8. The third-order valence-corrected chi connectivity index (χ3v) is 8.90. The van der Waals surface area contributed by atoms with Crippen molar-refractivity contribution in [1.82, 2.24) is 14.1 Å². The zero-order valence-electron chi connectivity index (χ0n) is 18.6. The summed E-state index contributed by atoms with van der Waals surface area (Å²) in [5.74, 6) is -0.292. The standard InChI is InChI=1S/C22H20BrCl2N5O5S/c23-19-13-28(12-15-1-2-16(24)11-20(15)25)27-21(19)26-22(31)14-7-9-29(10-8-14)36(34,35)18-5-3-17(4-6-18)30(32)33/h1-6,11,13-14H,7-10,12H2,(H,26,27,31). The molecule has 1 saturated heterocycles. The number of benzene rings is 2. The van der Waals surface area contributed by atoms with Crippen molar-refractivity contribution in [3.8, 4) is 0 Å². The number of anilines is 1. The van der Waals surface area contributed by atoms with Gasteiger partial charge in [0.1, 0.15) is 0 Å². The molecular formula is C22H20BrCl2N5O5S. The molecular weight excluding hydrogens is 597 g/mol. The molecule has 0 saturated carbocycles. The van der Waals surface area contributed by atoms with Crippen LogP contribution in [0.2, 0.25) is 10.0 Å². The van der Waals surface area contributed by atoms with Crippen LogP contribution in [0.5, 0.6) is 0 Å². The monoisotopic (exact) mass is 615 g/mol. The Labute approximate surface area is 225 Å². The Morgan fingerprint density at radius 3 is 2.44 bits per heavy atom. The molecule has 1 aromatic heterocycles. The van der Waals surface area contributed by atoms with E-state index < -0.39 is 20.9 Å². The second kappa shape index (κ2) is 10.9. The number of nitro benzene ring substituents is 1. The van der Waals surface area contributed by atoms with Crippen LogP contribution in [0.15, 0.2) is 58.0 Å². The van der Waals surface area contributed by atoms with Crippen molar-refractivity contribution in [3.63, 3.8) is 0 Å². The lowest BCUT2D eigenvalue weighted by Crippen LogP contribution is -2.41. The number of amides is 1. The summed E-state index contributed by atoms with van der Waals surface area (Å²) in [4.78, 5) is 23.1. The molecule has 10 nitrogen and oxygen atoms in total. The summed E-state index contributed by atoms with van der Waals surface area (Å²) in [5, 5.41) is 19.1. The van der Waals surface area contributed by atoms with E-state index in [1.165, 1.54) is 16.4 Å². The molecule has 14 heteroatoms. The van der Waals surface area contributed by atoms with Crippen molar-refractivity contribution < 1.29 is 18.1 Å². The highest BCUT2D eigenvalue weighted by molar-refractivity contribution is 9.10. The van der Waals surface area contributed by atoms with Crippen LogP contribution in [0, 0.1) is 16.0 Å². The molecule has 1 fully saturated rings. The van der Waals surface area contributed by atoms with Gasteiger partial charge in [-0.15, -0.1) is 0 Å². The van der Waals surface area contributed by atoms with Crippen molar-refractivity contribution >= 4 is 66.6 Å². The van der Waals surface area contributed by atoms with Crippen molar-refractivity contribution in [3.05, 3.63) is 78.9 Å². The van der Waals surface area contributed by atoms with Gasteiger partial charge >= 0.3 is 0 Å². The molecule has 1 N–H and O–H groups in total. The topological polar surface area (TPSA) is 127 Å². The van der Waals surface area contributed by atoms with Gasteiger partial charge < -0.3 is 5.32 Å². The second-order valence-electron chi connectivity index (χ2n) is 8.18. The number of hydrogen-bond acceptors (Lipinski definition) is 6. The highest BCUT2D eigenvalue weighted by atomic mass is 79.9. The predicted molar refractivity (Wildman–Crippen MR) is 139 cm³/mol. The van der Waals surface area contributed by atoms with Crippen LogP contribution in [-0.4, -0.2) is 46.4 Å². The zero-order chi connectivity index (χ0) is 26.0. The number of non-ortho nitro benzene ring substituents is 1. The number of carbonyl (C=O) groups is 1. The van der Waals surface area contributed by atoms with Crippen LogP contribution in [0.25, 0.3) is 0 Å². The third kappa shape index (κ3) is 5.89. The number of nitrogens with zero attached hydrogens (tertiary/aromatic N) is 4. The fourth-order valence-electron chi connectivity index (χ4n) is 3.85. The van der Waals surface area contributed by atoms with Crippen LogP contribution in [0.1, 0.15) is 18.4 Å². The lowest BCUT2D eigenvalue weighted by molar-refractivity contribution is -0.384. The Bertz CT molecular complexity index is 1410. The molecule has 0 unspecified atom stereocenters. The summed E-state index contributed by atoms with van der Waals surface area (Å²) in [5.41, 5.74) is 0.629. The number of hydrogen-bond donors (Lipinski definition) is 1. The molecule has 2 aromatic carbocycles. The maximum atomic E-state index is 12.9. The van der Waals surface area contributed by atoms with Gasteiger partial charge in [-0.1, -0.05) is 29.3 Å². The quantitative estimate of drug-likeness (QED) is 0.296. The number of nitrogens with one attached hydrogen (secondary N) is 1. The average Bonchev–Trinajstić information content (AvgIpc) is 3.19. The molecule has 0 atom stereocenters. The SMILES string of the molecule is O=C(Nc1nn(Cc2ccc(Cl)cc2Cl)cc1Br)C1CCN(S(=O)(=O)c2ccc([N+](=O)[O-])cc2)CC1. The van der Waals surface area contributed by atoms with Crippen molar-refractivity contribution in [2.45, 2.75) is 24.3 Å². The summed E-state index contributed by atoms with van der Waals surface area (Å²) >= 11 is 15.6. The first-order chi connectivity index (χ1) is 17.0. The summed E-state index contributed by atoms with van der Waals surface area (Å²) in [6.07, 6.45) is 2.38. The van der Waals surface area contributed by atoms with E-state index in [4.69, 9.17) is 23.2 Å². The number of rotatable bonds is 7. The van der Waals surface area contributed by atoms with Crippen LogP contribution in [-0.2, 0) is 21.4 Å². The van der Waals surface area contributed by atoms with Gasteiger partial charge in [-0.05, 0) is 58.6 Å². The van der Waals surface area contributed by atoms with E-state index in [9.17, 15) is 23.3 Å². The van der Waals surface area contributed by atoms with Gasteiger partial charge in [-0.3, -0.25) is 19.6 Å². The summed E-state index contributed by atoms with van der Waals surface area (Å²) < 4.78 is 29.3. The number of sulfonamides is 1. The smallest absolute Gasteiger partial charge is 0.269 e. The third-order valence-electron chi connectivity index (χ3n) is 5.82. The molecule has 1 amide bonds. The predicted octanol–water partition coefficient (Wildman–Crippen LogP) is 4.95. The van der Waals surface area contributed by atoms with Gasteiger partial charge in [-0.2, -0.15) is 9.40 Å². The molecule has 1 aliphatic rings. The van der Waals surface area contributed by atoms with Crippen molar-refractivity contribution in [1.29, 1.82) is 0 Å². The van der Waals surface area contributed by atoms with E-state index in [1.807, 2.05) is 0 Å². The molecule has 0 aliphatic carbocycles. The van der Waals surface area contributed by atoms with Crippen molar-refractivity contribution in [2.24, 2.45) is 5.92 Å². The van der Waals surface area contributed by atoms with Crippen LogP contribution in [0.3, 0.4) is 0 Å². The van der Waals surface area contributed by atoms with Crippen LogP contribution < -0.4 is 5.32 Å². The Hall–Kier alpha value is -2.51. The number of nitro groups is 1. The second-order valence-corrected chi connectivity index (χ2v) is 11.8. The largest absolute Gasteiger partial charge is 0.308 e. The minimum absolute atomic E-state index is 0.0220. The Kier molecular flexibility index (Phi) is 8.00. The van der Waals surface area contributed by atoms with Gasteiger partial charge in [0.25, 0.3) is 5.69 Å². The zero-order valence-corrected chi connectivity index (χ0v) is 22.5. The average molecular weight is 617 g/mol. The Morgan fingerprint density at radius 2 is 1.83 bits per heavy atom. The van der Waals surface area contributed by atoms with Crippen molar-refractivity contribution in [2.75, 3.05) is 18.4 Å². The van der Waals surface area contributed by atoms with Gasteiger partial charge in [-0.25, -0.2) is 8.42 Å². The Morgan fingerprint density at radius 1 is 1.17 bits per heavy atom. The van der Waals surface area contributed by atoms with E-state index in [2.05, 4.69) is 26.3 Å². The van der Waals surface area contributed by atoms with E-state index in [0.717, 1.165) is 17.7 Å². The molecule has 36 heavy (non-hydrogen) atoms. The van der Waals surface area contributed by atoms with E-state index in [0.29, 0.717) is 39.7 Å². The van der Waals surface area contributed by atoms with Crippen LogP contribution >= 0.6 is 39.1 Å². The normalized spacial score (nSPS) is 15.1. The van der Waals surface area contributed by atoms with E-state index in [1.54, 1.807) is 29.1 Å². The number of piperidine rings is 1. The fraction of sp³-hybridized carbons (Fsp3) is 0.273. The first-order valence-electron chi connectivity index (χ1n) is 10.8. The maximum Gasteiger partial charge on any atom is 0.269 e. The number of halogens is 3. The molecule has 4 rings (SSSR count). The lowest BCUT2D eigenvalue weighted by Gasteiger charge is -2.30. The summed E-state index contributed by atoms with van der Waals surface area (Å²) in [6.45, 7) is 0.688. The maximum absolute atomic E-state index is 12.9. The minimum Gasteiger partial charge on any atom is -0.308 e. The lowest BCUT2D eigenvalue weighted by atomic mass is 9.97. The number of aromatic nitrogens is 2. The number of carbonyl (C=O) groups excluding carboxylic acids is 1. The van der Waals surface area contributed by atoms with Crippen LogP contribution in [0.4, 0.5) is 11.5 Å².